The van der Waals surface area contributed by atoms with Crippen LogP contribution in [-0.2, 0) is 14.8 Å². The van der Waals surface area contributed by atoms with Crippen LogP contribution in [0.5, 0.6) is 0 Å². The summed E-state index contributed by atoms with van der Waals surface area (Å²) in [6.07, 6.45) is 2.14. The molecule has 1 saturated carbocycles. The molecule has 29 heavy (non-hydrogen) atoms. The highest BCUT2D eigenvalue weighted by Crippen LogP contribution is 2.22. The molecule has 0 atom stereocenters. The van der Waals surface area contributed by atoms with Crippen molar-refractivity contribution in [3.05, 3.63) is 59.7 Å². The van der Waals surface area contributed by atoms with Gasteiger partial charge in [0.25, 0.3) is 15.9 Å². The molecule has 8 nitrogen and oxygen atoms in total. The van der Waals surface area contributed by atoms with Crippen LogP contribution in [0.4, 0.5) is 5.69 Å². The molecule has 2 aliphatic rings. The van der Waals surface area contributed by atoms with Crippen molar-refractivity contribution in [1.29, 1.82) is 0 Å². The first-order chi connectivity index (χ1) is 13.9. The lowest BCUT2D eigenvalue weighted by Gasteiger charge is -2.07. The standard InChI is InChI=1S/C20H20N4O4S/c25-18(22-14-7-5-13(6-8-14)20(26)23-15-9-10-15)11-12-21-19-16-3-1-2-4-17(16)29(27,28)24-19/h1-8,15H,9-12H2,(H,21,24)(H,22,25)(H,23,26). The van der Waals surface area contributed by atoms with Gasteiger partial charge in [0.15, 0.2) is 0 Å². The van der Waals surface area contributed by atoms with Crippen molar-refractivity contribution in [2.24, 2.45) is 4.99 Å². The Morgan fingerprint density at radius 2 is 1.79 bits per heavy atom. The number of amides is 2. The van der Waals surface area contributed by atoms with E-state index in [1.807, 2.05) is 0 Å². The maximum Gasteiger partial charge on any atom is 0.263 e. The van der Waals surface area contributed by atoms with E-state index in [1.165, 1.54) is 6.07 Å². The molecular weight excluding hydrogens is 392 g/mol. The average Bonchev–Trinajstić information content (AvgIpc) is 3.47. The molecule has 1 aliphatic heterocycles. The number of rotatable bonds is 6. The van der Waals surface area contributed by atoms with Crippen LogP contribution in [0.25, 0.3) is 0 Å². The van der Waals surface area contributed by atoms with Crippen LogP contribution in [0.3, 0.4) is 0 Å². The van der Waals surface area contributed by atoms with E-state index in [2.05, 4.69) is 20.3 Å². The molecule has 0 radical (unpaired) electrons. The largest absolute Gasteiger partial charge is 0.349 e. The van der Waals surface area contributed by atoms with Crippen LogP contribution in [0.2, 0.25) is 0 Å². The Morgan fingerprint density at radius 1 is 1.07 bits per heavy atom. The Bertz CT molecular complexity index is 1090. The zero-order chi connectivity index (χ0) is 20.4. The van der Waals surface area contributed by atoms with Gasteiger partial charge in [-0.2, -0.15) is 0 Å². The molecule has 1 heterocycles. The summed E-state index contributed by atoms with van der Waals surface area (Å²) in [5.41, 5.74) is 1.64. The Hall–Kier alpha value is -3.20. The van der Waals surface area contributed by atoms with Gasteiger partial charge in [-0.05, 0) is 49.2 Å². The number of amidine groups is 1. The van der Waals surface area contributed by atoms with E-state index in [9.17, 15) is 18.0 Å². The van der Waals surface area contributed by atoms with E-state index in [0.29, 0.717) is 22.9 Å². The number of nitrogens with zero attached hydrogens (tertiary/aromatic N) is 1. The number of fused-ring (bicyclic) bond motifs is 1. The fourth-order valence-electron chi connectivity index (χ4n) is 2.95. The Balaban J connectivity index is 1.31. The third-order valence-electron chi connectivity index (χ3n) is 4.61. The summed E-state index contributed by atoms with van der Waals surface area (Å²) in [5.74, 6) is -0.112. The van der Waals surface area contributed by atoms with Gasteiger partial charge in [0.05, 0.1) is 11.4 Å². The maximum atomic E-state index is 12.1. The van der Waals surface area contributed by atoms with E-state index in [1.54, 1.807) is 42.5 Å². The molecule has 0 bridgehead atoms. The zero-order valence-electron chi connectivity index (χ0n) is 15.5. The fourth-order valence-corrected chi connectivity index (χ4v) is 4.20. The predicted molar refractivity (Wildman–Crippen MR) is 108 cm³/mol. The summed E-state index contributed by atoms with van der Waals surface area (Å²) in [6.45, 7) is 0.139. The topological polar surface area (TPSA) is 117 Å². The fraction of sp³-hybridized carbons (Fsp3) is 0.250. The molecule has 9 heteroatoms. The molecule has 4 rings (SSSR count). The van der Waals surface area contributed by atoms with Crippen LogP contribution < -0.4 is 15.4 Å². The first-order valence-electron chi connectivity index (χ1n) is 9.30. The minimum Gasteiger partial charge on any atom is -0.349 e. The van der Waals surface area contributed by atoms with E-state index in [0.717, 1.165) is 12.8 Å². The lowest BCUT2D eigenvalue weighted by Crippen LogP contribution is -2.25. The second-order valence-corrected chi connectivity index (χ2v) is 8.61. The van der Waals surface area contributed by atoms with Crippen molar-refractivity contribution in [1.82, 2.24) is 10.0 Å². The lowest BCUT2D eigenvalue weighted by molar-refractivity contribution is -0.116. The number of hydrogen-bond donors (Lipinski definition) is 3. The highest BCUT2D eigenvalue weighted by molar-refractivity contribution is 7.90. The smallest absolute Gasteiger partial charge is 0.263 e. The monoisotopic (exact) mass is 412 g/mol. The van der Waals surface area contributed by atoms with Crippen LogP contribution >= 0.6 is 0 Å². The molecule has 0 unspecified atom stereocenters. The number of nitrogens with one attached hydrogen (secondary N) is 3. The van der Waals surface area contributed by atoms with Crippen molar-refractivity contribution in [3.8, 4) is 0 Å². The van der Waals surface area contributed by atoms with E-state index in [4.69, 9.17) is 0 Å². The second kappa shape index (κ2) is 7.67. The molecule has 2 aromatic rings. The van der Waals surface area contributed by atoms with Gasteiger partial charge in [0.2, 0.25) is 5.91 Å². The second-order valence-electron chi connectivity index (χ2n) is 6.96. The molecule has 2 amide bonds. The van der Waals surface area contributed by atoms with E-state index < -0.39 is 10.0 Å². The highest BCUT2D eigenvalue weighted by atomic mass is 32.2. The van der Waals surface area contributed by atoms with Gasteiger partial charge in [0, 0.05) is 29.3 Å². The lowest BCUT2D eigenvalue weighted by atomic mass is 10.2. The van der Waals surface area contributed by atoms with Crippen LogP contribution in [-0.4, -0.2) is 38.7 Å². The molecule has 1 aliphatic carbocycles. The molecule has 150 valence electrons. The third-order valence-corrected chi connectivity index (χ3v) is 6.01. The maximum absolute atomic E-state index is 12.1. The van der Waals surface area contributed by atoms with Gasteiger partial charge in [-0.3, -0.25) is 19.3 Å². The van der Waals surface area contributed by atoms with Crippen molar-refractivity contribution in [3.63, 3.8) is 0 Å². The van der Waals surface area contributed by atoms with Crippen molar-refractivity contribution in [2.75, 3.05) is 11.9 Å². The zero-order valence-corrected chi connectivity index (χ0v) is 16.3. The van der Waals surface area contributed by atoms with Crippen LogP contribution in [0.15, 0.2) is 58.4 Å². The molecule has 0 aromatic heterocycles. The van der Waals surface area contributed by atoms with Crippen molar-refractivity contribution >= 4 is 33.4 Å². The van der Waals surface area contributed by atoms with Gasteiger partial charge in [-0.1, -0.05) is 12.1 Å². The third kappa shape index (κ3) is 4.45. The van der Waals surface area contributed by atoms with Crippen LogP contribution in [0, 0.1) is 0 Å². The molecule has 3 N–H and O–H groups in total. The summed E-state index contributed by atoms with van der Waals surface area (Å²) < 4.78 is 26.5. The van der Waals surface area contributed by atoms with Gasteiger partial charge >= 0.3 is 0 Å². The number of aliphatic imine (C=N–C) groups is 1. The van der Waals surface area contributed by atoms with Crippen molar-refractivity contribution < 1.29 is 18.0 Å². The Morgan fingerprint density at radius 3 is 2.52 bits per heavy atom. The predicted octanol–water partition coefficient (Wildman–Crippen LogP) is 1.65. The summed E-state index contributed by atoms with van der Waals surface area (Å²) in [5, 5.41) is 5.65. The minimum atomic E-state index is -3.58. The van der Waals surface area contributed by atoms with Gasteiger partial charge < -0.3 is 10.6 Å². The summed E-state index contributed by atoms with van der Waals surface area (Å²) in [6, 6.07) is 13.5. The molecule has 2 aromatic carbocycles. The van der Waals surface area contributed by atoms with E-state index in [-0.39, 0.29) is 35.5 Å². The summed E-state index contributed by atoms with van der Waals surface area (Å²) in [4.78, 5) is 28.5. The Kier molecular flexibility index (Phi) is 5.06. The van der Waals surface area contributed by atoms with Gasteiger partial charge in [0.1, 0.15) is 5.84 Å². The molecule has 0 spiro atoms. The molecule has 1 fully saturated rings. The molecular formula is C20H20N4O4S. The van der Waals surface area contributed by atoms with Crippen LogP contribution in [0.1, 0.15) is 35.2 Å². The van der Waals surface area contributed by atoms with Crippen molar-refractivity contribution in [2.45, 2.75) is 30.2 Å². The normalized spacial score (nSPS) is 18.0. The van der Waals surface area contributed by atoms with Gasteiger partial charge in [-0.25, -0.2) is 8.42 Å². The summed E-state index contributed by atoms with van der Waals surface area (Å²) >= 11 is 0. The quantitative estimate of drug-likeness (QED) is 0.669. The number of anilines is 1. The van der Waals surface area contributed by atoms with Gasteiger partial charge in [-0.15, -0.1) is 0 Å². The minimum absolute atomic E-state index is 0.0946. The number of benzene rings is 2. The number of carbonyl (C=O) groups is 2. The number of sulfonamides is 1. The molecule has 0 saturated heterocycles. The summed E-state index contributed by atoms with van der Waals surface area (Å²) in [7, 11) is -3.58. The van der Waals surface area contributed by atoms with E-state index >= 15 is 0 Å². The first kappa shape index (κ1) is 19.1. The number of carbonyl (C=O) groups excluding carboxylic acids is 2. The Labute approximate surface area is 168 Å². The highest BCUT2D eigenvalue weighted by Gasteiger charge is 2.30. The number of hydrogen-bond acceptors (Lipinski definition) is 5. The SMILES string of the molecule is O=C(CCN=C1NS(=O)(=O)c2ccccc21)Nc1ccc(C(=O)NC2CC2)cc1. The average molecular weight is 412 g/mol. The first-order valence-corrected chi connectivity index (χ1v) is 10.8.